The minimum atomic E-state index is -0.899. The lowest BCUT2D eigenvalue weighted by Crippen LogP contribution is -2.27. The van der Waals surface area contributed by atoms with Crippen LogP contribution in [0.25, 0.3) is 0 Å². The number of hydrogen-bond donors (Lipinski definition) is 1. The zero-order valence-electron chi connectivity index (χ0n) is 12.8. The average molecular weight is 301 g/mol. The minimum absolute atomic E-state index is 0.339. The Balaban J connectivity index is 3.53. The Morgan fingerprint density at radius 1 is 1.15 bits per heavy atom. The summed E-state index contributed by atoms with van der Waals surface area (Å²) in [5.41, 5.74) is 1.49. The van der Waals surface area contributed by atoms with Gasteiger partial charge in [-0.05, 0) is 39.7 Å². The number of methoxy groups -OCH3 is 2. The van der Waals surface area contributed by atoms with E-state index < -0.39 is 11.4 Å². The van der Waals surface area contributed by atoms with Crippen LogP contribution in [0.5, 0.6) is 11.5 Å². The quantitative estimate of drug-likeness (QED) is 0.902. The van der Waals surface area contributed by atoms with Gasteiger partial charge in [-0.3, -0.25) is 4.79 Å². The smallest absolute Gasteiger partial charge is 0.309 e. The van der Waals surface area contributed by atoms with E-state index in [0.29, 0.717) is 22.9 Å². The molecule has 4 nitrogen and oxygen atoms in total. The van der Waals surface area contributed by atoms with E-state index >= 15 is 0 Å². The van der Waals surface area contributed by atoms with Crippen molar-refractivity contribution in [3.8, 4) is 11.5 Å². The highest BCUT2D eigenvalue weighted by Crippen LogP contribution is 2.43. The molecule has 0 aliphatic carbocycles. The van der Waals surface area contributed by atoms with Crippen molar-refractivity contribution in [2.45, 2.75) is 34.1 Å². The van der Waals surface area contributed by atoms with Crippen molar-refractivity contribution in [3.63, 3.8) is 0 Å². The normalized spacial score (nSPS) is 11.3. The van der Waals surface area contributed by atoms with Crippen LogP contribution < -0.4 is 9.47 Å². The van der Waals surface area contributed by atoms with Crippen LogP contribution in [0.3, 0.4) is 0 Å². The first-order chi connectivity index (χ1) is 9.17. The Morgan fingerprint density at radius 2 is 1.65 bits per heavy atom. The summed E-state index contributed by atoms with van der Waals surface area (Å²) in [5, 5.41) is 9.81. The van der Waals surface area contributed by atoms with E-state index in [0.717, 1.165) is 16.7 Å². The molecule has 1 aromatic carbocycles. The molecule has 0 fully saturated rings. The van der Waals surface area contributed by atoms with Gasteiger partial charge in [0.25, 0.3) is 0 Å². The number of halogens is 1. The summed E-state index contributed by atoms with van der Waals surface area (Å²) in [7, 11) is 3.11. The van der Waals surface area contributed by atoms with Crippen molar-refractivity contribution in [3.05, 3.63) is 21.7 Å². The molecular formula is C15H21ClO4. The van der Waals surface area contributed by atoms with Gasteiger partial charge in [-0.2, -0.15) is 0 Å². The maximum atomic E-state index is 11.3. The fourth-order valence-corrected chi connectivity index (χ4v) is 2.52. The number of carbonyl (C=O) groups is 1. The fourth-order valence-electron chi connectivity index (χ4n) is 2.22. The van der Waals surface area contributed by atoms with Gasteiger partial charge < -0.3 is 14.6 Å². The zero-order valence-corrected chi connectivity index (χ0v) is 13.5. The monoisotopic (exact) mass is 300 g/mol. The highest BCUT2D eigenvalue weighted by Gasteiger charge is 2.31. The van der Waals surface area contributed by atoms with Gasteiger partial charge in [0.2, 0.25) is 0 Å². The maximum Gasteiger partial charge on any atom is 0.309 e. The Hall–Kier alpha value is -1.42. The first-order valence-electron chi connectivity index (χ1n) is 6.30. The molecule has 20 heavy (non-hydrogen) atoms. The van der Waals surface area contributed by atoms with E-state index in [4.69, 9.17) is 21.1 Å². The Kier molecular flexibility index (Phi) is 4.92. The van der Waals surface area contributed by atoms with Crippen LogP contribution in [0.2, 0.25) is 5.02 Å². The van der Waals surface area contributed by atoms with Crippen molar-refractivity contribution < 1.29 is 19.4 Å². The van der Waals surface area contributed by atoms with Gasteiger partial charge in [0.05, 0.1) is 24.7 Å². The highest BCUT2D eigenvalue weighted by molar-refractivity contribution is 6.33. The third-order valence-corrected chi connectivity index (χ3v) is 4.00. The van der Waals surface area contributed by atoms with Gasteiger partial charge in [-0.15, -0.1) is 0 Å². The van der Waals surface area contributed by atoms with E-state index in [1.54, 1.807) is 28.1 Å². The average Bonchev–Trinajstić information content (AvgIpc) is 2.36. The maximum absolute atomic E-state index is 11.3. The van der Waals surface area contributed by atoms with Crippen LogP contribution in [0.4, 0.5) is 0 Å². The van der Waals surface area contributed by atoms with Gasteiger partial charge in [-0.25, -0.2) is 0 Å². The number of rotatable bonds is 5. The second kappa shape index (κ2) is 5.92. The lowest BCUT2D eigenvalue weighted by Gasteiger charge is -2.25. The molecular weight excluding hydrogens is 280 g/mol. The van der Waals surface area contributed by atoms with Gasteiger partial charge in [0.1, 0.15) is 11.5 Å². The molecule has 0 saturated carbocycles. The molecule has 0 unspecified atom stereocenters. The molecule has 1 N–H and O–H groups in total. The molecule has 1 aromatic rings. The number of ether oxygens (including phenoxy) is 2. The van der Waals surface area contributed by atoms with E-state index in [1.165, 1.54) is 0 Å². The summed E-state index contributed by atoms with van der Waals surface area (Å²) in [6, 6.07) is 0. The van der Waals surface area contributed by atoms with E-state index in [1.807, 2.05) is 13.8 Å². The molecule has 1 rings (SSSR count). The van der Waals surface area contributed by atoms with E-state index in [-0.39, 0.29) is 0 Å². The van der Waals surface area contributed by atoms with Gasteiger partial charge >= 0.3 is 5.97 Å². The van der Waals surface area contributed by atoms with Crippen LogP contribution in [-0.4, -0.2) is 25.3 Å². The lowest BCUT2D eigenvalue weighted by molar-refractivity contribution is -0.146. The molecule has 5 heteroatoms. The summed E-state index contributed by atoms with van der Waals surface area (Å²) in [6.45, 7) is 7.07. The molecule has 0 saturated heterocycles. The molecule has 0 aliphatic rings. The van der Waals surface area contributed by atoms with E-state index in [2.05, 4.69) is 0 Å². The molecule has 0 atom stereocenters. The van der Waals surface area contributed by atoms with Crippen LogP contribution >= 0.6 is 11.6 Å². The Bertz CT molecular complexity index is 535. The van der Waals surface area contributed by atoms with Gasteiger partial charge in [0.15, 0.2) is 0 Å². The molecule has 0 radical (unpaired) electrons. The molecule has 0 amide bonds. The summed E-state index contributed by atoms with van der Waals surface area (Å²) < 4.78 is 10.8. The topological polar surface area (TPSA) is 55.8 Å². The van der Waals surface area contributed by atoms with Crippen molar-refractivity contribution >= 4 is 17.6 Å². The SMILES string of the molecule is COc1c(C)c(CC(C)(C)C(=O)O)c(OC)c(C)c1Cl. The number of carboxylic acid groups (broad SMARTS) is 1. The third-order valence-electron chi connectivity index (χ3n) is 3.54. The lowest BCUT2D eigenvalue weighted by atomic mass is 9.83. The van der Waals surface area contributed by atoms with Crippen molar-refractivity contribution in [2.75, 3.05) is 14.2 Å². The van der Waals surface area contributed by atoms with Crippen LogP contribution in [0, 0.1) is 19.3 Å². The number of benzene rings is 1. The molecule has 112 valence electrons. The second-order valence-corrected chi connectivity index (χ2v) is 5.85. The number of aliphatic carboxylic acids is 1. The van der Waals surface area contributed by atoms with Crippen molar-refractivity contribution in [1.82, 2.24) is 0 Å². The van der Waals surface area contributed by atoms with Crippen LogP contribution in [0.1, 0.15) is 30.5 Å². The molecule has 0 bridgehead atoms. The number of hydrogen-bond acceptors (Lipinski definition) is 3. The predicted octanol–water partition coefficient (Wildman–Crippen LogP) is 3.63. The largest absolute Gasteiger partial charge is 0.496 e. The minimum Gasteiger partial charge on any atom is -0.496 e. The zero-order chi connectivity index (χ0) is 15.7. The third kappa shape index (κ3) is 2.85. The standard InChI is InChI=1S/C15H21ClO4/c1-8-10(7-15(3,4)14(17)18)12(19-5)9(2)11(16)13(8)20-6/h7H2,1-6H3,(H,17,18). The molecule has 0 aromatic heterocycles. The van der Waals surface area contributed by atoms with E-state index in [9.17, 15) is 9.90 Å². The van der Waals surface area contributed by atoms with Crippen molar-refractivity contribution in [2.24, 2.45) is 5.41 Å². The van der Waals surface area contributed by atoms with Crippen LogP contribution in [-0.2, 0) is 11.2 Å². The summed E-state index contributed by atoms with van der Waals surface area (Å²) in [6.07, 6.45) is 0.339. The molecule has 0 aliphatic heterocycles. The van der Waals surface area contributed by atoms with Gasteiger partial charge in [-0.1, -0.05) is 11.6 Å². The molecule has 0 spiro atoms. The van der Waals surface area contributed by atoms with Crippen molar-refractivity contribution in [1.29, 1.82) is 0 Å². The summed E-state index contributed by atoms with van der Waals surface area (Å²) >= 11 is 6.27. The summed E-state index contributed by atoms with van der Waals surface area (Å²) in [4.78, 5) is 11.3. The predicted molar refractivity (Wildman–Crippen MR) is 79.2 cm³/mol. The first kappa shape index (κ1) is 16.6. The number of carboxylic acids is 1. The molecule has 0 heterocycles. The highest BCUT2D eigenvalue weighted by atomic mass is 35.5. The first-order valence-corrected chi connectivity index (χ1v) is 6.68. The van der Waals surface area contributed by atoms with Crippen LogP contribution in [0.15, 0.2) is 0 Å². The Morgan fingerprint density at radius 3 is 2.05 bits per heavy atom. The van der Waals surface area contributed by atoms with Gasteiger partial charge in [0, 0.05) is 11.1 Å². The Labute approximate surface area is 124 Å². The second-order valence-electron chi connectivity index (χ2n) is 5.47. The fraction of sp³-hybridized carbons (Fsp3) is 0.533. The summed E-state index contributed by atoms with van der Waals surface area (Å²) in [5.74, 6) is 0.342.